The van der Waals surface area contributed by atoms with Gasteiger partial charge < -0.3 is 15.4 Å². The van der Waals surface area contributed by atoms with Gasteiger partial charge in [0.2, 0.25) is 0 Å². The summed E-state index contributed by atoms with van der Waals surface area (Å²) in [5, 5.41) is 0. The van der Waals surface area contributed by atoms with Gasteiger partial charge in [-0.05, 0) is 19.8 Å². The van der Waals surface area contributed by atoms with Crippen LogP contribution in [0, 0.1) is 0 Å². The Kier molecular flexibility index (Phi) is 6.70. The Balaban J connectivity index is 2.20. The lowest BCUT2D eigenvalue weighted by Crippen LogP contribution is -2.38. The van der Waals surface area contributed by atoms with Crippen LogP contribution >= 0.6 is 0 Å². The van der Waals surface area contributed by atoms with Crippen molar-refractivity contribution in [2.75, 3.05) is 32.8 Å². The largest absolute Gasteiger partial charge is 0.375 e. The molecule has 1 heterocycles. The minimum absolute atomic E-state index is 0.610. The lowest BCUT2D eigenvalue weighted by Gasteiger charge is -2.21. The number of likely N-dealkylation sites (tertiary alicyclic amines) is 1. The lowest BCUT2D eigenvalue weighted by molar-refractivity contribution is 0.164. The molecule has 0 aromatic carbocycles. The minimum atomic E-state index is 0.610. The van der Waals surface area contributed by atoms with Crippen LogP contribution in [0.2, 0.25) is 0 Å². The number of guanidine groups is 1. The second-order valence-electron chi connectivity index (χ2n) is 4.65. The fourth-order valence-corrected chi connectivity index (χ4v) is 1.87. The maximum atomic E-state index is 5.96. The standard InChI is InChI=1S/C13H25N3O/c1-12(2)11-17-10-7-15-13(14)16-8-5-3-4-6-9-16/h1,3-11H2,2H3,(H2,14,15). The van der Waals surface area contributed by atoms with Gasteiger partial charge in [-0.15, -0.1) is 0 Å². The summed E-state index contributed by atoms with van der Waals surface area (Å²) >= 11 is 0. The molecule has 1 aliphatic rings. The number of nitrogens with two attached hydrogens (primary N) is 1. The zero-order valence-corrected chi connectivity index (χ0v) is 11.0. The Hall–Kier alpha value is -1.03. The van der Waals surface area contributed by atoms with Gasteiger partial charge in [0.25, 0.3) is 0 Å². The summed E-state index contributed by atoms with van der Waals surface area (Å²) in [5.74, 6) is 0.672. The van der Waals surface area contributed by atoms with Crippen molar-refractivity contribution in [1.29, 1.82) is 0 Å². The van der Waals surface area contributed by atoms with E-state index in [0.717, 1.165) is 18.7 Å². The summed E-state index contributed by atoms with van der Waals surface area (Å²) in [4.78, 5) is 6.54. The predicted molar refractivity (Wildman–Crippen MR) is 72.2 cm³/mol. The first-order valence-electron chi connectivity index (χ1n) is 6.47. The highest BCUT2D eigenvalue weighted by Crippen LogP contribution is 2.08. The van der Waals surface area contributed by atoms with Gasteiger partial charge >= 0.3 is 0 Å². The molecule has 1 aliphatic heterocycles. The van der Waals surface area contributed by atoms with Crippen LogP contribution in [0.25, 0.3) is 0 Å². The van der Waals surface area contributed by atoms with Crippen molar-refractivity contribution >= 4 is 5.96 Å². The van der Waals surface area contributed by atoms with Gasteiger partial charge in [0.05, 0.1) is 19.8 Å². The highest BCUT2D eigenvalue weighted by atomic mass is 16.5. The average Bonchev–Trinajstić information content (AvgIpc) is 2.56. The monoisotopic (exact) mass is 239 g/mol. The fourth-order valence-electron chi connectivity index (χ4n) is 1.87. The molecule has 0 amide bonds. The van der Waals surface area contributed by atoms with Crippen molar-refractivity contribution in [3.63, 3.8) is 0 Å². The normalized spacial score (nSPS) is 17.9. The molecule has 0 bridgehead atoms. The summed E-state index contributed by atoms with van der Waals surface area (Å²) in [6, 6.07) is 0. The summed E-state index contributed by atoms with van der Waals surface area (Å²) in [5.41, 5.74) is 7.00. The van der Waals surface area contributed by atoms with E-state index < -0.39 is 0 Å². The Morgan fingerprint density at radius 2 is 1.94 bits per heavy atom. The number of aliphatic imine (C=N–C) groups is 1. The zero-order valence-electron chi connectivity index (χ0n) is 11.0. The van der Waals surface area contributed by atoms with E-state index in [1.54, 1.807) is 0 Å². The van der Waals surface area contributed by atoms with Crippen LogP contribution in [0.1, 0.15) is 32.6 Å². The van der Waals surface area contributed by atoms with Crippen LogP contribution in [0.15, 0.2) is 17.1 Å². The Morgan fingerprint density at radius 3 is 2.53 bits per heavy atom. The van der Waals surface area contributed by atoms with E-state index in [1.807, 2.05) is 6.92 Å². The number of ether oxygens (including phenoxy) is 1. The third-order valence-corrected chi connectivity index (χ3v) is 2.79. The molecule has 1 fully saturated rings. The van der Waals surface area contributed by atoms with E-state index in [4.69, 9.17) is 10.5 Å². The van der Waals surface area contributed by atoms with Crippen molar-refractivity contribution in [3.8, 4) is 0 Å². The molecule has 17 heavy (non-hydrogen) atoms. The minimum Gasteiger partial charge on any atom is -0.375 e. The zero-order chi connectivity index (χ0) is 12.5. The molecule has 0 atom stereocenters. The number of rotatable bonds is 5. The topological polar surface area (TPSA) is 50.9 Å². The van der Waals surface area contributed by atoms with Gasteiger partial charge in [-0.1, -0.05) is 25.0 Å². The van der Waals surface area contributed by atoms with Crippen molar-refractivity contribution in [3.05, 3.63) is 12.2 Å². The molecule has 98 valence electrons. The van der Waals surface area contributed by atoms with Crippen molar-refractivity contribution in [2.45, 2.75) is 32.6 Å². The van der Waals surface area contributed by atoms with E-state index in [2.05, 4.69) is 16.5 Å². The van der Waals surface area contributed by atoms with Crippen LogP contribution in [0.3, 0.4) is 0 Å². The first-order valence-corrected chi connectivity index (χ1v) is 6.47. The third-order valence-electron chi connectivity index (χ3n) is 2.79. The van der Waals surface area contributed by atoms with E-state index in [1.165, 1.54) is 25.7 Å². The van der Waals surface area contributed by atoms with Crippen LogP contribution in [0.5, 0.6) is 0 Å². The van der Waals surface area contributed by atoms with Gasteiger partial charge in [-0.25, -0.2) is 0 Å². The summed E-state index contributed by atoms with van der Waals surface area (Å²) in [6.07, 6.45) is 5.07. The molecule has 2 N–H and O–H groups in total. The molecule has 0 saturated carbocycles. The fraction of sp³-hybridized carbons (Fsp3) is 0.769. The molecule has 0 unspecified atom stereocenters. The first kappa shape index (κ1) is 14.0. The molecule has 4 heteroatoms. The molecule has 1 saturated heterocycles. The molecule has 0 spiro atoms. The molecule has 4 nitrogen and oxygen atoms in total. The van der Waals surface area contributed by atoms with E-state index in [9.17, 15) is 0 Å². The van der Waals surface area contributed by atoms with Gasteiger partial charge in [0.1, 0.15) is 0 Å². The third kappa shape index (κ3) is 6.31. The van der Waals surface area contributed by atoms with Crippen LogP contribution in [0.4, 0.5) is 0 Å². The van der Waals surface area contributed by atoms with Crippen molar-refractivity contribution < 1.29 is 4.74 Å². The van der Waals surface area contributed by atoms with Crippen LogP contribution < -0.4 is 5.73 Å². The number of nitrogens with zero attached hydrogens (tertiary/aromatic N) is 2. The summed E-state index contributed by atoms with van der Waals surface area (Å²) in [7, 11) is 0. The molecule has 1 rings (SSSR count). The second kappa shape index (κ2) is 8.12. The van der Waals surface area contributed by atoms with E-state index in [-0.39, 0.29) is 0 Å². The molecule has 0 aromatic heterocycles. The maximum Gasteiger partial charge on any atom is 0.191 e. The molecule has 0 aliphatic carbocycles. The lowest BCUT2D eigenvalue weighted by atomic mass is 10.2. The van der Waals surface area contributed by atoms with E-state index >= 15 is 0 Å². The highest BCUT2D eigenvalue weighted by Gasteiger charge is 2.10. The molecule has 0 aromatic rings. The number of hydrogen-bond donors (Lipinski definition) is 1. The summed E-state index contributed by atoms with van der Waals surface area (Å²) < 4.78 is 5.38. The SMILES string of the molecule is C=C(C)COCCN=C(N)N1CCCCCC1. The second-order valence-corrected chi connectivity index (χ2v) is 4.65. The molecular weight excluding hydrogens is 214 g/mol. The molecular formula is C13H25N3O. The van der Waals surface area contributed by atoms with Crippen LogP contribution in [-0.2, 0) is 4.74 Å². The number of hydrogen-bond acceptors (Lipinski definition) is 2. The van der Waals surface area contributed by atoms with Crippen molar-refractivity contribution in [2.24, 2.45) is 10.7 Å². The smallest absolute Gasteiger partial charge is 0.191 e. The van der Waals surface area contributed by atoms with Gasteiger partial charge in [0.15, 0.2) is 5.96 Å². The maximum absolute atomic E-state index is 5.96. The van der Waals surface area contributed by atoms with Gasteiger partial charge in [0, 0.05) is 13.1 Å². The van der Waals surface area contributed by atoms with E-state index in [0.29, 0.717) is 25.7 Å². The predicted octanol–water partition coefficient (Wildman–Crippen LogP) is 1.77. The van der Waals surface area contributed by atoms with Crippen LogP contribution in [-0.4, -0.2) is 43.7 Å². The summed E-state index contributed by atoms with van der Waals surface area (Å²) in [6.45, 7) is 9.68. The Bertz CT molecular complexity index is 255. The Morgan fingerprint density at radius 1 is 1.29 bits per heavy atom. The molecule has 0 radical (unpaired) electrons. The average molecular weight is 239 g/mol. The Labute approximate surface area is 105 Å². The van der Waals surface area contributed by atoms with Gasteiger partial charge in [-0.2, -0.15) is 0 Å². The highest BCUT2D eigenvalue weighted by molar-refractivity contribution is 5.78. The quantitative estimate of drug-likeness (QED) is 0.344. The van der Waals surface area contributed by atoms with Gasteiger partial charge in [-0.3, -0.25) is 4.99 Å². The van der Waals surface area contributed by atoms with Crippen molar-refractivity contribution in [1.82, 2.24) is 4.90 Å². The first-order chi connectivity index (χ1) is 8.20.